The van der Waals surface area contributed by atoms with Gasteiger partial charge in [-0.2, -0.15) is 0 Å². The third-order valence-corrected chi connectivity index (χ3v) is 5.88. The van der Waals surface area contributed by atoms with E-state index in [9.17, 15) is 14.4 Å². The number of carbonyl (C=O) groups is 3. The molecular formula is C27H35NO6. The van der Waals surface area contributed by atoms with E-state index in [2.05, 4.69) is 4.98 Å². The van der Waals surface area contributed by atoms with Gasteiger partial charge in [0.1, 0.15) is 6.10 Å². The molecule has 0 spiro atoms. The summed E-state index contributed by atoms with van der Waals surface area (Å²) in [6.45, 7) is 9.49. The van der Waals surface area contributed by atoms with E-state index in [1.807, 2.05) is 52.0 Å². The summed E-state index contributed by atoms with van der Waals surface area (Å²) in [6.07, 6.45) is 2.64. The molecule has 2 rings (SSSR count). The molecule has 0 amide bonds. The Morgan fingerprint density at radius 3 is 2.41 bits per heavy atom. The zero-order valence-corrected chi connectivity index (χ0v) is 20.9. The third-order valence-electron chi connectivity index (χ3n) is 5.88. The Hall–Kier alpha value is -3.22. The molecule has 184 valence electrons. The van der Waals surface area contributed by atoms with Crippen LogP contribution in [0.1, 0.15) is 80.9 Å². The van der Waals surface area contributed by atoms with E-state index in [1.165, 1.54) is 19.4 Å². The summed E-state index contributed by atoms with van der Waals surface area (Å²) in [5.74, 6) is -1.84. The number of aromatic nitrogens is 1. The number of aryl methyl sites for hydroxylation is 1. The standard InChI is InChI=1S/C27H35NO6/c1-7-8-13-24(30)34-26-23(32-6)14-15-28-25(26)22(29)16-18(3)27(31)33-20(5)19(4)21-12-10-9-11-17(21)2/h9-12,14-15,18-20H,7-8,13,16H2,1-6H3/t18-,19-,20+/m1/s1. The molecule has 0 unspecified atom stereocenters. The Balaban J connectivity index is 2.09. The Kier molecular flexibility index (Phi) is 10.2. The molecule has 3 atom stereocenters. The summed E-state index contributed by atoms with van der Waals surface area (Å²) in [7, 11) is 1.42. The molecule has 1 heterocycles. The fraction of sp³-hybridized carbons (Fsp3) is 0.481. The highest BCUT2D eigenvalue weighted by Gasteiger charge is 2.28. The van der Waals surface area contributed by atoms with Crippen LogP contribution < -0.4 is 9.47 Å². The molecule has 0 bridgehead atoms. The number of hydrogen-bond donors (Lipinski definition) is 0. The molecule has 2 aromatic rings. The van der Waals surface area contributed by atoms with Crippen LogP contribution in [0.3, 0.4) is 0 Å². The van der Waals surface area contributed by atoms with Crippen LogP contribution in [0.15, 0.2) is 36.5 Å². The van der Waals surface area contributed by atoms with Gasteiger partial charge in [-0.15, -0.1) is 0 Å². The summed E-state index contributed by atoms with van der Waals surface area (Å²) >= 11 is 0. The van der Waals surface area contributed by atoms with Crippen molar-refractivity contribution in [3.05, 3.63) is 53.3 Å². The van der Waals surface area contributed by atoms with Gasteiger partial charge in [0, 0.05) is 31.0 Å². The lowest BCUT2D eigenvalue weighted by molar-refractivity contribution is -0.153. The molecule has 0 radical (unpaired) electrons. The van der Waals surface area contributed by atoms with Gasteiger partial charge >= 0.3 is 11.9 Å². The van der Waals surface area contributed by atoms with Crippen LogP contribution in [-0.2, 0) is 14.3 Å². The minimum atomic E-state index is -0.698. The zero-order chi connectivity index (χ0) is 25.3. The summed E-state index contributed by atoms with van der Waals surface area (Å²) in [4.78, 5) is 42.0. The topological polar surface area (TPSA) is 91.8 Å². The quantitative estimate of drug-likeness (QED) is 0.302. The maximum atomic E-state index is 13.0. The fourth-order valence-corrected chi connectivity index (χ4v) is 3.58. The van der Waals surface area contributed by atoms with E-state index >= 15 is 0 Å². The number of rotatable bonds is 12. The Morgan fingerprint density at radius 2 is 1.76 bits per heavy atom. The molecule has 0 saturated heterocycles. The van der Waals surface area contributed by atoms with Gasteiger partial charge in [-0.1, -0.05) is 51.5 Å². The summed E-state index contributed by atoms with van der Waals surface area (Å²) in [5, 5.41) is 0. The molecule has 7 heteroatoms. The number of esters is 2. The molecule has 1 aromatic carbocycles. The molecular weight excluding hydrogens is 434 g/mol. The van der Waals surface area contributed by atoms with Crippen LogP contribution in [-0.4, -0.2) is 35.9 Å². The number of Topliss-reactive ketones (excluding diaryl/α,β-unsaturated/α-hetero) is 1. The number of pyridine rings is 1. The van der Waals surface area contributed by atoms with Gasteiger partial charge in [-0.05, 0) is 31.4 Å². The highest BCUT2D eigenvalue weighted by Crippen LogP contribution is 2.32. The van der Waals surface area contributed by atoms with Crippen molar-refractivity contribution in [2.75, 3.05) is 7.11 Å². The zero-order valence-electron chi connectivity index (χ0n) is 20.9. The summed E-state index contributed by atoms with van der Waals surface area (Å²) in [5.41, 5.74) is 2.21. The van der Waals surface area contributed by atoms with Gasteiger partial charge in [-0.3, -0.25) is 14.4 Å². The molecule has 34 heavy (non-hydrogen) atoms. The SMILES string of the molecule is CCCCC(=O)Oc1c(OC)ccnc1C(=O)C[C@@H](C)C(=O)O[C@@H](C)[C@@H](C)c1ccccc1C. The Labute approximate surface area is 201 Å². The molecule has 0 aliphatic carbocycles. The molecule has 1 aromatic heterocycles. The normalized spacial score (nSPS) is 13.5. The third kappa shape index (κ3) is 7.14. The Morgan fingerprint density at radius 1 is 1.06 bits per heavy atom. The van der Waals surface area contributed by atoms with E-state index in [0.717, 1.165) is 17.5 Å². The van der Waals surface area contributed by atoms with Crippen molar-refractivity contribution in [1.82, 2.24) is 4.98 Å². The molecule has 7 nitrogen and oxygen atoms in total. The molecule has 0 aliphatic heterocycles. The van der Waals surface area contributed by atoms with Crippen LogP contribution in [0.5, 0.6) is 11.5 Å². The van der Waals surface area contributed by atoms with Gasteiger partial charge in [0.15, 0.2) is 17.2 Å². The first kappa shape index (κ1) is 27.0. The van der Waals surface area contributed by atoms with Crippen LogP contribution in [0, 0.1) is 12.8 Å². The average Bonchev–Trinajstić information content (AvgIpc) is 2.82. The monoisotopic (exact) mass is 469 g/mol. The van der Waals surface area contributed by atoms with E-state index < -0.39 is 23.6 Å². The van der Waals surface area contributed by atoms with Crippen molar-refractivity contribution in [3.8, 4) is 11.5 Å². The maximum Gasteiger partial charge on any atom is 0.311 e. The van der Waals surface area contributed by atoms with Gasteiger partial charge in [0.25, 0.3) is 0 Å². The number of unbranched alkanes of at least 4 members (excludes halogenated alkanes) is 1. The van der Waals surface area contributed by atoms with Crippen molar-refractivity contribution >= 4 is 17.7 Å². The van der Waals surface area contributed by atoms with Crippen molar-refractivity contribution in [2.24, 2.45) is 5.92 Å². The van der Waals surface area contributed by atoms with Gasteiger partial charge < -0.3 is 14.2 Å². The molecule has 0 fully saturated rings. The van der Waals surface area contributed by atoms with Crippen molar-refractivity contribution in [1.29, 1.82) is 0 Å². The number of nitrogens with zero attached hydrogens (tertiary/aromatic N) is 1. The van der Waals surface area contributed by atoms with Crippen LogP contribution in [0.4, 0.5) is 0 Å². The highest BCUT2D eigenvalue weighted by molar-refractivity contribution is 6.00. The van der Waals surface area contributed by atoms with Crippen LogP contribution in [0.2, 0.25) is 0 Å². The molecule has 0 saturated carbocycles. The van der Waals surface area contributed by atoms with E-state index in [4.69, 9.17) is 14.2 Å². The van der Waals surface area contributed by atoms with Crippen molar-refractivity contribution in [2.45, 2.75) is 72.3 Å². The number of methoxy groups -OCH3 is 1. The van der Waals surface area contributed by atoms with Gasteiger partial charge in [0.2, 0.25) is 5.75 Å². The summed E-state index contributed by atoms with van der Waals surface area (Å²) < 4.78 is 16.4. The molecule has 0 aliphatic rings. The lowest BCUT2D eigenvalue weighted by Gasteiger charge is -2.23. The van der Waals surface area contributed by atoms with Crippen molar-refractivity contribution < 1.29 is 28.6 Å². The second kappa shape index (κ2) is 12.9. The number of benzene rings is 1. The van der Waals surface area contributed by atoms with E-state index in [-0.39, 0.29) is 42.1 Å². The smallest absolute Gasteiger partial charge is 0.311 e. The number of carbonyl (C=O) groups excluding carboxylic acids is 3. The summed E-state index contributed by atoms with van der Waals surface area (Å²) in [6, 6.07) is 9.50. The first-order valence-corrected chi connectivity index (χ1v) is 11.7. The second-order valence-corrected chi connectivity index (χ2v) is 8.58. The maximum absolute atomic E-state index is 13.0. The number of ether oxygens (including phenoxy) is 3. The fourth-order valence-electron chi connectivity index (χ4n) is 3.58. The predicted molar refractivity (Wildman–Crippen MR) is 129 cm³/mol. The first-order valence-electron chi connectivity index (χ1n) is 11.7. The second-order valence-electron chi connectivity index (χ2n) is 8.58. The van der Waals surface area contributed by atoms with Crippen LogP contribution >= 0.6 is 0 Å². The minimum Gasteiger partial charge on any atom is -0.493 e. The average molecular weight is 470 g/mol. The van der Waals surface area contributed by atoms with E-state index in [1.54, 1.807) is 6.92 Å². The molecule has 0 N–H and O–H groups in total. The number of hydrogen-bond acceptors (Lipinski definition) is 7. The van der Waals surface area contributed by atoms with Crippen molar-refractivity contribution in [3.63, 3.8) is 0 Å². The predicted octanol–water partition coefficient (Wildman–Crippen LogP) is 5.44. The largest absolute Gasteiger partial charge is 0.493 e. The van der Waals surface area contributed by atoms with Crippen LogP contribution in [0.25, 0.3) is 0 Å². The Bertz CT molecular complexity index is 1000. The van der Waals surface area contributed by atoms with Gasteiger partial charge in [0.05, 0.1) is 13.0 Å². The lowest BCUT2D eigenvalue weighted by atomic mass is 9.92. The highest BCUT2D eigenvalue weighted by atomic mass is 16.6. The van der Waals surface area contributed by atoms with Gasteiger partial charge in [-0.25, -0.2) is 4.98 Å². The lowest BCUT2D eigenvalue weighted by Crippen LogP contribution is -2.26. The number of ketones is 1. The minimum absolute atomic E-state index is 0.00207. The van der Waals surface area contributed by atoms with E-state index in [0.29, 0.717) is 6.42 Å². The first-order chi connectivity index (χ1) is 16.2.